The van der Waals surface area contributed by atoms with Gasteiger partial charge in [0.15, 0.2) is 0 Å². The SMILES string of the molecule is CC(C)(C)C1C(N2CCc3cc(CN4CCCCC4)ccc3C2)CCN1C(=O)O.Cl.Cl.Cl.c1cc2c(cc1CN1CCCCC1)CCN(C1CCNC1)C2. The molecule has 6 heterocycles. The zero-order chi connectivity index (χ0) is 35.4. The van der Waals surface area contributed by atoms with Gasteiger partial charge in [-0.1, -0.05) is 70.0 Å². The second kappa shape index (κ2) is 20.7. The molecule has 8 nitrogen and oxygen atoms in total. The summed E-state index contributed by atoms with van der Waals surface area (Å²) in [4.78, 5) is 23.9. The molecule has 8 rings (SSSR count). The van der Waals surface area contributed by atoms with Gasteiger partial charge in [0.05, 0.1) is 6.04 Å². The molecule has 0 bridgehead atoms. The number of hydrogen-bond acceptors (Lipinski definition) is 6. The summed E-state index contributed by atoms with van der Waals surface area (Å²) in [6.45, 7) is 21.2. The van der Waals surface area contributed by atoms with E-state index in [1.807, 2.05) is 0 Å². The van der Waals surface area contributed by atoms with Crippen LogP contribution in [-0.4, -0.2) is 113 Å². The summed E-state index contributed by atoms with van der Waals surface area (Å²) in [6.07, 6.45) is 12.0. The van der Waals surface area contributed by atoms with Crippen molar-refractivity contribution in [1.82, 2.24) is 29.8 Å². The lowest BCUT2D eigenvalue weighted by atomic mass is 9.81. The minimum absolute atomic E-state index is 0. The molecule has 6 aliphatic rings. The van der Waals surface area contributed by atoms with E-state index in [0.29, 0.717) is 12.6 Å². The van der Waals surface area contributed by atoms with Gasteiger partial charge in [0.2, 0.25) is 0 Å². The standard InChI is InChI=1S/C24H37N3O2.C19H29N3.3ClH/c1-24(2,3)22-21(10-14-27(22)23(28)29)26-13-9-19-15-18(7-8-20(19)17-26)16-25-11-5-4-6-12-25;1-2-9-21(10-3-1)14-16-4-5-18-15-22(11-7-17(18)12-16)19-6-8-20-13-19;;;/h7-8,15,21-22H,4-6,9-14,16-17H2,1-3H3,(H,28,29);4-5,12,19-20H,1-3,6-11,13-15H2;3*1H. The summed E-state index contributed by atoms with van der Waals surface area (Å²) < 4.78 is 0. The maximum Gasteiger partial charge on any atom is 0.407 e. The first-order valence-electron chi connectivity index (χ1n) is 20.6. The normalized spacial score (nSPS) is 25.2. The van der Waals surface area contributed by atoms with Gasteiger partial charge in [-0.25, -0.2) is 4.79 Å². The molecule has 304 valence electrons. The minimum atomic E-state index is -0.771. The summed E-state index contributed by atoms with van der Waals surface area (Å²) in [5.41, 5.74) is 9.02. The van der Waals surface area contributed by atoms with Gasteiger partial charge in [0.25, 0.3) is 0 Å². The van der Waals surface area contributed by atoms with Crippen LogP contribution in [0.2, 0.25) is 0 Å². The summed E-state index contributed by atoms with van der Waals surface area (Å²) in [6, 6.07) is 15.5. The van der Waals surface area contributed by atoms with E-state index in [4.69, 9.17) is 0 Å². The number of rotatable bonds is 6. The van der Waals surface area contributed by atoms with Gasteiger partial charge in [-0.15, -0.1) is 37.2 Å². The fourth-order valence-corrected chi connectivity index (χ4v) is 10.2. The van der Waals surface area contributed by atoms with E-state index in [9.17, 15) is 9.90 Å². The van der Waals surface area contributed by atoms with Crippen LogP contribution < -0.4 is 5.32 Å². The lowest BCUT2D eigenvalue weighted by Gasteiger charge is -2.43. The first-order valence-corrected chi connectivity index (χ1v) is 20.6. The second-order valence-electron chi connectivity index (χ2n) is 17.6. The lowest BCUT2D eigenvalue weighted by Crippen LogP contribution is -2.53. The first kappa shape index (κ1) is 45.1. The molecule has 6 aliphatic heterocycles. The molecule has 2 aromatic rings. The Morgan fingerprint density at radius 1 is 0.685 bits per heavy atom. The van der Waals surface area contributed by atoms with Crippen LogP contribution >= 0.6 is 37.2 Å². The van der Waals surface area contributed by atoms with E-state index in [1.54, 1.807) is 16.0 Å². The molecule has 4 fully saturated rings. The Hall–Kier alpha value is -1.62. The van der Waals surface area contributed by atoms with E-state index in [1.165, 1.54) is 119 Å². The van der Waals surface area contributed by atoms with Crippen molar-refractivity contribution in [2.24, 2.45) is 5.41 Å². The number of halogens is 3. The molecule has 2 N–H and O–H groups in total. The fourth-order valence-electron chi connectivity index (χ4n) is 10.2. The Kier molecular flexibility index (Phi) is 17.3. The summed E-state index contributed by atoms with van der Waals surface area (Å²) in [5, 5.41) is 13.2. The van der Waals surface area contributed by atoms with Gasteiger partial charge >= 0.3 is 6.09 Å². The quantitative estimate of drug-likeness (QED) is 0.309. The summed E-state index contributed by atoms with van der Waals surface area (Å²) in [7, 11) is 0. The maximum absolute atomic E-state index is 11.8. The van der Waals surface area contributed by atoms with Crippen LogP contribution in [0.4, 0.5) is 4.79 Å². The zero-order valence-electron chi connectivity index (χ0n) is 33.3. The molecule has 54 heavy (non-hydrogen) atoms. The molecule has 4 saturated heterocycles. The van der Waals surface area contributed by atoms with Crippen molar-refractivity contribution in [2.75, 3.05) is 58.9 Å². The predicted octanol–water partition coefficient (Wildman–Crippen LogP) is 7.86. The molecule has 0 aromatic heterocycles. The minimum Gasteiger partial charge on any atom is -0.465 e. The maximum atomic E-state index is 11.8. The highest BCUT2D eigenvalue weighted by atomic mass is 35.5. The van der Waals surface area contributed by atoms with Gasteiger partial charge in [-0.2, -0.15) is 0 Å². The number of fused-ring (bicyclic) bond motifs is 2. The van der Waals surface area contributed by atoms with Crippen molar-refractivity contribution in [1.29, 1.82) is 0 Å². The molecule has 0 radical (unpaired) electrons. The molecular formula is C43H69Cl3N6O2. The molecule has 11 heteroatoms. The highest BCUT2D eigenvalue weighted by Gasteiger charge is 2.46. The van der Waals surface area contributed by atoms with Crippen molar-refractivity contribution in [3.8, 4) is 0 Å². The van der Waals surface area contributed by atoms with Crippen LogP contribution in [0, 0.1) is 5.41 Å². The van der Waals surface area contributed by atoms with Crippen molar-refractivity contribution >= 4 is 43.3 Å². The van der Waals surface area contributed by atoms with Gasteiger partial charge in [-0.05, 0) is 123 Å². The number of amides is 1. The third kappa shape index (κ3) is 11.3. The second-order valence-corrected chi connectivity index (χ2v) is 17.6. The average molecular weight is 808 g/mol. The van der Waals surface area contributed by atoms with Crippen LogP contribution in [0.15, 0.2) is 36.4 Å². The topological polar surface area (TPSA) is 65.5 Å². The van der Waals surface area contributed by atoms with Crippen LogP contribution in [0.5, 0.6) is 0 Å². The Labute approximate surface area is 345 Å². The molecule has 0 spiro atoms. The van der Waals surface area contributed by atoms with Gasteiger partial charge < -0.3 is 15.3 Å². The van der Waals surface area contributed by atoms with Crippen LogP contribution in [-0.2, 0) is 39.0 Å². The Balaban J connectivity index is 0.000000235. The predicted molar refractivity (Wildman–Crippen MR) is 229 cm³/mol. The average Bonchev–Trinajstić information content (AvgIpc) is 3.84. The smallest absolute Gasteiger partial charge is 0.407 e. The lowest BCUT2D eigenvalue weighted by molar-refractivity contribution is 0.0589. The molecule has 0 aliphatic carbocycles. The molecule has 2 aromatic carbocycles. The summed E-state index contributed by atoms with van der Waals surface area (Å²) in [5.74, 6) is 0. The Morgan fingerprint density at radius 2 is 1.20 bits per heavy atom. The van der Waals surface area contributed by atoms with Crippen LogP contribution in [0.3, 0.4) is 0 Å². The van der Waals surface area contributed by atoms with Crippen LogP contribution in [0.1, 0.15) is 106 Å². The van der Waals surface area contributed by atoms with Crippen molar-refractivity contribution in [2.45, 2.75) is 129 Å². The molecule has 3 unspecified atom stereocenters. The van der Waals surface area contributed by atoms with Gasteiger partial charge in [0.1, 0.15) is 0 Å². The number of carbonyl (C=O) groups is 1. The van der Waals surface area contributed by atoms with Crippen molar-refractivity contribution in [3.63, 3.8) is 0 Å². The fraction of sp³-hybridized carbons (Fsp3) is 0.698. The third-order valence-corrected chi connectivity index (χ3v) is 12.9. The first-order chi connectivity index (χ1) is 24.7. The largest absolute Gasteiger partial charge is 0.465 e. The highest BCUT2D eigenvalue weighted by Crippen LogP contribution is 2.38. The number of carboxylic acid groups (broad SMARTS) is 1. The molecular weight excluding hydrogens is 739 g/mol. The number of benzene rings is 2. The van der Waals surface area contributed by atoms with E-state index in [0.717, 1.165) is 51.6 Å². The zero-order valence-corrected chi connectivity index (χ0v) is 35.7. The molecule has 1 amide bonds. The van der Waals surface area contributed by atoms with Crippen molar-refractivity contribution < 1.29 is 9.90 Å². The number of nitrogens with one attached hydrogen (secondary N) is 1. The van der Waals surface area contributed by atoms with E-state index in [-0.39, 0.29) is 48.7 Å². The summed E-state index contributed by atoms with van der Waals surface area (Å²) >= 11 is 0. The van der Waals surface area contributed by atoms with Crippen molar-refractivity contribution in [3.05, 3.63) is 69.8 Å². The third-order valence-electron chi connectivity index (χ3n) is 12.9. The Morgan fingerprint density at radius 3 is 1.69 bits per heavy atom. The van der Waals surface area contributed by atoms with Gasteiger partial charge in [-0.3, -0.25) is 19.6 Å². The highest BCUT2D eigenvalue weighted by molar-refractivity contribution is 5.86. The van der Waals surface area contributed by atoms with Gasteiger partial charge in [0, 0.05) is 64.4 Å². The van der Waals surface area contributed by atoms with E-state index < -0.39 is 6.09 Å². The number of hydrogen-bond donors (Lipinski definition) is 2. The number of nitrogens with zero attached hydrogens (tertiary/aromatic N) is 5. The number of likely N-dealkylation sites (tertiary alicyclic amines) is 3. The Bertz CT molecular complexity index is 1470. The van der Waals surface area contributed by atoms with Crippen LogP contribution in [0.25, 0.3) is 0 Å². The van der Waals surface area contributed by atoms with E-state index >= 15 is 0 Å². The van der Waals surface area contributed by atoms with E-state index in [2.05, 4.69) is 82.1 Å². The molecule has 0 saturated carbocycles. The molecule has 3 atom stereocenters. The monoisotopic (exact) mass is 806 g/mol. The number of piperidine rings is 2.